The predicted octanol–water partition coefficient (Wildman–Crippen LogP) is 19.7. The minimum atomic E-state index is -0.943. The third-order valence-electron chi connectivity index (χ3n) is 15.0. The standard InChI is InChI=1S/C71H66F2N4O.Pt/c1-43(2)46-29-47(44(3)4)31-48(30-46)62-36-52(71(10,11)12)37-63(49-32-53(72)39-54(73)33-49)69(62)76-42-75(65-23-17-18-24-66(65)76)55-34-50(59-20-14-13-19-58(59)45(5)6)35-57(40-55)78-56-25-26-61-60-21-15-16-22-64(60)77(67(61)41-56)68-38-51(27-28-74-68)70(7,8)9;/h13-39,43-45H,1-12H3;/q;+2/i45D;. The van der Waals surface area contributed by atoms with Crippen molar-refractivity contribution in [2.75, 3.05) is 0 Å². The number of halogens is 2. The van der Waals surface area contributed by atoms with Crippen molar-refractivity contribution in [3.63, 3.8) is 0 Å². The van der Waals surface area contributed by atoms with Crippen LogP contribution in [-0.2, 0) is 31.9 Å². The number of pyridine rings is 1. The second kappa shape index (κ2) is 21.2. The summed E-state index contributed by atoms with van der Waals surface area (Å²) in [6, 6.07) is 62.8. The number of hydrogen-bond donors (Lipinski definition) is 0. The summed E-state index contributed by atoms with van der Waals surface area (Å²) in [7, 11) is 0. The number of ether oxygens (including phenoxy) is 1. The van der Waals surface area contributed by atoms with Gasteiger partial charge in [-0.1, -0.05) is 178 Å². The number of hydrogen-bond acceptors (Lipinski definition) is 2. The van der Waals surface area contributed by atoms with Crippen molar-refractivity contribution in [3.8, 4) is 50.7 Å². The van der Waals surface area contributed by atoms with Crippen LogP contribution < -0.4 is 13.9 Å². The van der Waals surface area contributed by atoms with Crippen molar-refractivity contribution in [3.05, 3.63) is 216 Å². The molecule has 8 aromatic carbocycles. The molecule has 10 aromatic rings. The van der Waals surface area contributed by atoms with Crippen molar-refractivity contribution in [1.29, 1.82) is 0 Å². The first-order chi connectivity index (χ1) is 37.5. The number of para-hydroxylation sites is 3. The van der Waals surface area contributed by atoms with Crippen molar-refractivity contribution in [2.24, 2.45) is 0 Å². The molecule has 0 N–H and O–H groups in total. The maximum absolute atomic E-state index is 15.6. The van der Waals surface area contributed by atoms with Crippen LogP contribution in [0.5, 0.6) is 11.5 Å². The van der Waals surface area contributed by atoms with Gasteiger partial charge in [-0.2, -0.15) is 6.07 Å². The van der Waals surface area contributed by atoms with Gasteiger partial charge < -0.3 is 9.30 Å². The van der Waals surface area contributed by atoms with Crippen LogP contribution in [0.3, 0.4) is 0 Å². The van der Waals surface area contributed by atoms with E-state index in [0.29, 0.717) is 28.3 Å². The topological polar surface area (TPSA) is 33.1 Å². The van der Waals surface area contributed by atoms with Crippen LogP contribution in [0.4, 0.5) is 31.5 Å². The Morgan fingerprint density at radius 3 is 1.81 bits per heavy atom. The van der Waals surface area contributed by atoms with E-state index >= 15 is 8.78 Å². The fourth-order valence-corrected chi connectivity index (χ4v) is 10.7. The van der Waals surface area contributed by atoms with Crippen molar-refractivity contribution in [2.45, 2.75) is 112 Å². The first-order valence-corrected chi connectivity index (χ1v) is 27.0. The Hall–Kier alpha value is -7.56. The van der Waals surface area contributed by atoms with E-state index in [1.165, 1.54) is 28.8 Å². The Balaban J connectivity index is 0.00000720. The molecule has 11 rings (SSSR count). The molecule has 0 amide bonds. The van der Waals surface area contributed by atoms with Crippen LogP contribution >= 0.6 is 0 Å². The Bertz CT molecular complexity index is 4100. The molecule has 1 aliphatic heterocycles. The minimum absolute atomic E-state index is 0. The number of rotatable bonds is 11. The predicted molar refractivity (Wildman–Crippen MR) is 319 cm³/mol. The van der Waals surface area contributed by atoms with E-state index in [2.05, 4.69) is 177 Å². The van der Waals surface area contributed by atoms with Crippen molar-refractivity contribution < 1.29 is 36.0 Å². The molecule has 0 atom stereocenters. The second-order valence-corrected chi connectivity index (χ2v) is 23.6. The molecule has 0 fully saturated rings. The molecule has 0 aliphatic carbocycles. The van der Waals surface area contributed by atoms with E-state index in [-0.39, 0.29) is 43.7 Å². The van der Waals surface area contributed by atoms with Crippen LogP contribution in [0, 0.1) is 23.8 Å². The molecular formula is C71H66F2N4OPt+2. The molecule has 5 nitrogen and oxygen atoms in total. The SMILES string of the molecule is [2H]C(C)(C)c1ccccc1-c1cc(Oc2[c-]c3c(cc2)c2ccccc2n3-c2cc(C(C)(C)C)ccn2)[c-]c([N+]2=C=[N+](c3c(-c4cc(F)cc(F)c4)cc(C(C)(C)C)cc3-c3cc(C(C)C)cc(C(C)C)c3)c3ccccc32)c1.[Pt+2]. The average Bonchev–Trinajstić information content (AvgIpc) is 4.13. The van der Waals surface area contributed by atoms with E-state index in [4.69, 9.17) is 9.72 Å². The Labute approximate surface area is 480 Å². The molecule has 0 spiro atoms. The summed E-state index contributed by atoms with van der Waals surface area (Å²) in [5, 5.41) is 2.09. The Morgan fingerprint density at radius 1 is 0.570 bits per heavy atom. The molecule has 0 radical (unpaired) electrons. The monoisotopic (exact) mass is 1220 g/mol. The molecule has 1 aliphatic rings. The van der Waals surface area contributed by atoms with Gasteiger partial charge >= 0.3 is 27.1 Å². The summed E-state index contributed by atoms with van der Waals surface area (Å²) in [6.07, 6.45) is 1.87. The van der Waals surface area contributed by atoms with Crippen LogP contribution in [0.25, 0.3) is 61.0 Å². The third-order valence-corrected chi connectivity index (χ3v) is 15.0. The Morgan fingerprint density at radius 2 is 1.16 bits per heavy atom. The van der Waals surface area contributed by atoms with Crippen LogP contribution in [0.15, 0.2) is 164 Å². The molecule has 0 bridgehead atoms. The molecule has 398 valence electrons. The summed E-state index contributed by atoms with van der Waals surface area (Å²) in [5.74, 6) is -0.104. The third kappa shape index (κ3) is 10.6. The van der Waals surface area contributed by atoms with Crippen LogP contribution in [0.1, 0.15) is 130 Å². The summed E-state index contributed by atoms with van der Waals surface area (Å²) in [6.45, 7) is 25.7. The summed E-state index contributed by atoms with van der Waals surface area (Å²) in [4.78, 5) is 4.90. The first kappa shape index (κ1) is 53.4. The van der Waals surface area contributed by atoms with Crippen LogP contribution in [-0.4, -0.2) is 15.6 Å². The van der Waals surface area contributed by atoms with E-state index in [9.17, 15) is 1.37 Å². The van der Waals surface area contributed by atoms with Crippen molar-refractivity contribution in [1.82, 2.24) is 18.7 Å². The molecule has 0 saturated carbocycles. The molecule has 79 heavy (non-hydrogen) atoms. The smallest absolute Gasteiger partial charge is 0.509 e. The molecule has 0 saturated heterocycles. The van der Waals surface area contributed by atoms with Gasteiger partial charge in [0.25, 0.3) is 11.4 Å². The molecule has 3 heterocycles. The van der Waals surface area contributed by atoms with Crippen molar-refractivity contribution >= 4 is 50.6 Å². The minimum Gasteiger partial charge on any atom is -0.509 e. The maximum atomic E-state index is 15.6. The zero-order valence-corrected chi connectivity index (χ0v) is 49.3. The zero-order valence-electron chi connectivity index (χ0n) is 48.0. The summed E-state index contributed by atoms with van der Waals surface area (Å²) < 4.78 is 53.7. The summed E-state index contributed by atoms with van der Waals surface area (Å²) in [5.41, 5.74) is 14.4. The van der Waals surface area contributed by atoms with Crippen LogP contribution in [0.2, 0.25) is 0 Å². The quantitative estimate of drug-likeness (QED) is 0.0955. The number of nitrogens with zero attached hydrogens (tertiary/aromatic N) is 4. The second-order valence-electron chi connectivity index (χ2n) is 23.6. The van der Waals surface area contributed by atoms with Gasteiger partial charge in [-0.05, 0) is 125 Å². The van der Waals surface area contributed by atoms with Gasteiger partial charge in [0, 0.05) is 42.8 Å². The Kier molecular flexibility index (Phi) is 14.4. The van der Waals surface area contributed by atoms with E-state index in [1.807, 2.05) is 83.8 Å². The number of fused-ring (bicyclic) bond motifs is 4. The first-order valence-electron chi connectivity index (χ1n) is 27.5. The molecule has 0 unspecified atom stereocenters. The zero-order chi connectivity index (χ0) is 55.9. The van der Waals surface area contributed by atoms with Gasteiger partial charge in [0.1, 0.15) is 23.1 Å². The summed E-state index contributed by atoms with van der Waals surface area (Å²) >= 11 is 0. The van der Waals surface area contributed by atoms with E-state index in [1.54, 1.807) is 0 Å². The maximum Gasteiger partial charge on any atom is 2.00 e. The van der Waals surface area contributed by atoms with E-state index in [0.717, 1.165) is 84.1 Å². The van der Waals surface area contributed by atoms with Gasteiger partial charge in [0.05, 0.1) is 11.1 Å². The van der Waals surface area contributed by atoms with Gasteiger partial charge in [-0.3, -0.25) is 0 Å². The largest absolute Gasteiger partial charge is 2.00 e. The normalized spacial score (nSPS) is 12.9. The molecule has 2 aromatic heterocycles. The fraction of sp³-hybridized carbons (Fsp3) is 0.239. The molecular weight excluding hydrogens is 1160 g/mol. The average molecular weight is 1230 g/mol. The molecule has 8 heteroatoms. The van der Waals surface area contributed by atoms with Gasteiger partial charge in [0.15, 0.2) is 0 Å². The number of aromatic nitrogens is 2. The number of benzene rings is 8. The van der Waals surface area contributed by atoms with E-state index < -0.39 is 17.5 Å². The fourth-order valence-electron chi connectivity index (χ4n) is 10.7. The van der Waals surface area contributed by atoms with Gasteiger partial charge in [-0.15, -0.1) is 29.1 Å². The van der Waals surface area contributed by atoms with Gasteiger partial charge in [0.2, 0.25) is 5.69 Å². The van der Waals surface area contributed by atoms with Gasteiger partial charge in [-0.25, -0.2) is 13.8 Å².